The number of rotatable bonds is 4. The van der Waals surface area contributed by atoms with Gasteiger partial charge in [0.25, 0.3) is 5.91 Å². The minimum Gasteiger partial charge on any atom is -0.497 e. The summed E-state index contributed by atoms with van der Waals surface area (Å²) in [6.45, 7) is 1.24. The first-order valence-electron chi connectivity index (χ1n) is 10.4. The number of ether oxygens (including phenoxy) is 1. The first kappa shape index (κ1) is 20.4. The van der Waals surface area contributed by atoms with Crippen LogP contribution in [0.1, 0.15) is 27.0 Å². The molecule has 0 radical (unpaired) electrons. The molecule has 0 saturated carbocycles. The Balaban J connectivity index is 1.52. The highest BCUT2D eigenvalue weighted by atomic mass is 35.5. The van der Waals surface area contributed by atoms with Gasteiger partial charge in [-0.3, -0.25) is 9.69 Å². The van der Waals surface area contributed by atoms with Crippen LogP contribution >= 0.6 is 11.6 Å². The summed E-state index contributed by atoms with van der Waals surface area (Å²) < 4.78 is 5.19. The molecule has 2 aliphatic rings. The third kappa shape index (κ3) is 3.02. The summed E-state index contributed by atoms with van der Waals surface area (Å²) in [6.07, 6.45) is 0. The number of nitrogens with one attached hydrogen (secondary N) is 1. The van der Waals surface area contributed by atoms with E-state index in [4.69, 9.17) is 16.3 Å². The Morgan fingerprint density at radius 3 is 2.47 bits per heavy atom. The molecule has 3 amide bonds. The van der Waals surface area contributed by atoms with E-state index in [-0.39, 0.29) is 11.9 Å². The van der Waals surface area contributed by atoms with E-state index in [1.165, 1.54) is 0 Å². The van der Waals surface area contributed by atoms with Gasteiger partial charge in [-0.2, -0.15) is 0 Å². The van der Waals surface area contributed by atoms with Crippen molar-refractivity contribution < 1.29 is 14.3 Å². The number of hydrogen-bond donors (Lipinski definition) is 1. The van der Waals surface area contributed by atoms with Crippen LogP contribution in [-0.2, 0) is 12.2 Å². The van der Waals surface area contributed by atoms with Crippen LogP contribution < -0.4 is 10.1 Å². The van der Waals surface area contributed by atoms with Crippen molar-refractivity contribution in [3.63, 3.8) is 0 Å². The Labute approximate surface area is 191 Å². The Bertz CT molecular complexity index is 1180. The number of fused-ring (bicyclic) bond motifs is 3. The summed E-state index contributed by atoms with van der Waals surface area (Å²) >= 11 is 6.14. The smallest absolute Gasteiger partial charge is 0.320 e. The zero-order valence-corrected chi connectivity index (χ0v) is 18.3. The highest BCUT2D eigenvalue weighted by Crippen LogP contribution is 2.49. The van der Waals surface area contributed by atoms with Gasteiger partial charge in [-0.1, -0.05) is 54.1 Å². The lowest BCUT2D eigenvalue weighted by Gasteiger charge is -2.40. The molecule has 0 aliphatic carbocycles. The van der Waals surface area contributed by atoms with E-state index in [1.54, 1.807) is 29.0 Å². The molecule has 2 heterocycles. The van der Waals surface area contributed by atoms with Crippen molar-refractivity contribution in [2.75, 3.05) is 20.2 Å². The topological polar surface area (TPSA) is 61.9 Å². The van der Waals surface area contributed by atoms with Crippen LogP contribution in [0.15, 0.2) is 72.8 Å². The number of hydrogen-bond acceptors (Lipinski definition) is 3. The van der Waals surface area contributed by atoms with Crippen molar-refractivity contribution in [3.8, 4) is 5.75 Å². The molecule has 3 aromatic carbocycles. The fourth-order valence-corrected chi connectivity index (χ4v) is 4.87. The molecule has 5 rings (SSSR count). The summed E-state index contributed by atoms with van der Waals surface area (Å²) in [5.41, 5.74) is 2.22. The Morgan fingerprint density at radius 1 is 1.03 bits per heavy atom. The van der Waals surface area contributed by atoms with E-state index in [0.29, 0.717) is 30.2 Å². The first-order valence-corrected chi connectivity index (χ1v) is 10.8. The predicted octanol–water partition coefficient (Wildman–Crippen LogP) is 4.23. The van der Waals surface area contributed by atoms with Crippen LogP contribution in [0.25, 0.3) is 0 Å². The lowest BCUT2D eigenvalue weighted by molar-refractivity contribution is 0.0545. The molecule has 0 spiro atoms. The number of nitrogens with zero attached hydrogens (tertiary/aromatic N) is 2. The Morgan fingerprint density at radius 2 is 1.75 bits per heavy atom. The highest BCUT2D eigenvalue weighted by molar-refractivity contribution is 6.30. The number of methoxy groups -OCH3 is 1. The molecule has 0 aromatic heterocycles. The zero-order valence-electron chi connectivity index (χ0n) is 17.5. The summed E-state index contributed by atoms with van der Waals surface area (Å²) in [5.74, 6) is 0.694. The number of amides is 3. The van der Waals surface area contributed by atoms with Gasteiger partial charge in [0.1, 0.15) is 5.75 Å². The molecule has 1 N–H and O–H groups in total. The number of carbonyl (C=O) groups excluding carboxylic acids is 2. The van der Waals surface area contributed by atoms with E-state index in [2.05, 4.69) is 5.32 Å². The maximum atomic E-state index is 13.5. The summed E-state index contributed by atoms with van der Waals surface area (Å²) in [7, 11) is 1.62. The predicted molar refractivity (Wildman–Crippen MR) is 122 cm³/mol. The van der Waals surface area contributed by atoms with Crippen LogP contribution in [0.4, 0.5) is 4.79 Å². The SMILES string of the molecule is COc1ccc(CNC(=O)N2CCN3C(=O)c4ccccc4C23c2ccc(Cl)cc2)cc1. The number of urea groups is 1. The summed E-state index contributed by atoms with van der Waals surface area (Å²) in [6, 6.07) is 22.2. The van der Waals surface area contributed by atoms with Gasteiger partial charge < -0.3 is 15.0 Å². The molecule has 1 saturated heterocycles. The third-order valence-corrected chi connectivity index (χ3v) is 6.45. The number of halogens is 1. The molecule has 1 unspecified atom stereocenters. The van der Waals surface area contributed by atoms with Crippen LogP contribution in [0.2, 0.25) is 5.02 Å². The minimum absolute atomic E-state index is 0.0685. The standard InChI is InChI=1S/C25H22ClN3O3/c1-32-20-12-6-17(7-13-20)16-27-24(31)29-15-14-28-23(30)21-4-2-3-5-22(21)25(28,29)18-8-10-19(26)11-9-18/h2-13H,14-16H2,1H3,(H,27,31). The monoisotopic (exact) mass is 447 g/mol. The lowest BCUT2D eigenvalue weighted by atomic mass is 9.90. The maximum Gasteiger partial charge on any atom is 0.320 e. The van der Waals surface area contributed by atoms with Gasteiger partial charge in [0.15, 0.2) is 5.66 Å². The van der Waals surface area contributed by atoms with Gasteiger partial charge in [0, 0.05) is 41.3 Å². The van der Waals surface area contributed by atoms with Gasteiger partial charge in [0.05, 0.1) is 7.11 Å². The van der Waals surface area contributed by atoms with Gasteiger partial charge in [0.2, 0.25) is 0 Å². The lowest BCUT2D eigenvalue weighted by Crippen LogP contribution is -2.54. The van der Waals surface area contributed by atoms with Crippen molar-refractivity contribution in [1.29, 1.82) is 0 Å². The van der Waals surface area contributed by atoms with Gasteiger partial charge in [-0.15, -0.1) is 0 Å². The van der Waals surface area contributed by atoms with Crippen molar-refractivity contribution >= 4 is 23.5 Å². The van der Waals surface area contributed by atoms with E-state index < -0.39 is 5.66 Å². The Hall–Kier alpha value is -3.51. The maximum absolute atomic E-state index is 13.5. The van der Waals surface area contributed by atoms with Crippen LogP contribution in [0, 0.1) is 0 Å². The molecule has 7 heteroatoms. The van der Waals surface area contributed by atoms with E-state index in [0.717, 1.165) is 22.4 Å². The average molecular weight is 448 g/mol. The van der Waals surface area contributed by atoms with E-state index in [1.807, 2.05) is 60.7 Å². The van der Waals surface area contributed by atoms with Crippen molar-refractivity contribution in [1.82, 2.24) is 15.1 Å². The molecule has 0 bridgehead atoms. The van der Waals surface area contributed by atoms with E-state index >= 15 is 0 Å². The second kappa shape index (κ2) is 7.88. The average Bonchev–Trinajstić information content (AvgIpc) is 3.34. The third-order valence-electron chi connectivity index (χ3n) is 6.20. The molecule has 3 aromatic rings. The quantitative estimate of drug-likeness (QED) is 0.651. The molecule has 6 nitrogen and oxygen atoms in total. The first-order chi connectivity index (χ1) is 15.6. The normalized spacial score (nSPS) is 19.0. The van der Waals surface area contributed by atoms with Crippen LogP contribution in [-0.4, -0.2) is 41.9 Å². The second-order valence-corrected chi connectivity index (χ2v) is 8.28. The minimum atomic E-state index is -0.998. The molecule has 2 aliphatic heterocycles. The van der Waals surface area contributed by atoms with Crippen molar-refractivity contribution in [3.05, 3.63) is 100 Å². The second-order valence-electron chi connectivity index (χ2n) is 7.84. The molecular weight excluding hydrogens is 426 g/mol. The number of benzene rings is 3. The van der Waals surface area contributed by atoms with Gasteiger partial charge in [-0.05, 0) is 35.9 Å². The molecule has 32 heavy (non-hydrogen) atoms. The van der Waals surface area contributed by atoms with E-state index in [9.17, 15) is 9.59 Å². The molecular formula is C25H22ClN3O3. The summed E-state index contributed by atoms with van der Waals surface area (Å²) in [4.78, 5) is 30.3. The number of carbonyl (C=O) groups is 2. The fraction of sp³-hybridized carbons (Fsp3) is 0.200. The van der Waals surface area contributed by atoms with Gasteiger partial charge in [-0.25, -0.2) is 4.79 Å². The highest BCUT2D eigenvalue weighted by Gasteiger charge is 2.59. The van der Waals surface area contributed by atoms with Crippen LogP contribution in [0.3, 0.4) is 0 Å². The van der Waals surface area contributed by atoms with Crippen molar-refractivity contribution in [2.24, 2.45) is 0 Å². The molecule has 162 valence electrons. The van der Waals surface area contributed by atoms with Crippen molar-refractivity contribution in [2.45, 2.75) is 12.2 Å². The molecule has 1 atom stereocenters. The van der Waals surface area contributed by atoms with Gasteiger partial charge >= 0.3 is 6.03 Å². The fourth-order valence-electron chi connectivity index (χ4n) is 4.74. The van der Waals surface area contributed by atoms with Crippen LogP contribution in [0.5, 0.6) is 5.75 Å². The molecule has 1 fully saturated rings. The summed E-state index contributed by atoms with van der Waals surface area (Å²) in [5, 5.41) is 3.62. The largest absolute Gasteiger partial charge is 0.497 e. The zero-order chi connectivity index (χ0) is 22.3. The Kier molecular flexibility index (Phi) is 5.02.